The molecule has 1 heterocycles. The molecule has 1 fully saturated rings. The Morgan fingerprint density at radius 3 is 2.31 bits per heavy atom. The van der Waals surface area contributed by atoms with Gasteiger partial charge in [-0.3, -0.25) is 0 Å². The summed E-state index contributed by atoms with van der Waals surface area (Å²) >= 11 is 0. The molecule has 96 valence electrons. The molecule has 0 radical (unpaired) electrons. The summed E-state index contributed by atoms with van der Waals surface area (Å²) in [4.78, 5) is 0. The molecule has 3 nitrogen and oxygen atoms in total. The minimum absolute atomic E-state index is 0.136. The van der Waals surface area contributed by atoms with Gasteiger partial charge in [-0.2, -0.15) is 0 Å². The van der Waals surface area contributed by atoms with Crippen molar-refractivity contribution in [1.29, 1.82) is 0 Å². The number of sulfone groups is 1. The third-order valence-corrected chi connectivity index (χ3v) is 5.75. The lowest BCUT2D eigenvalue weighted by atomic mass is 9.83. The first kappa shape index (κ1) is 14.0. The van der Waals surface area contributed by atoms with Crippen LogP contribution in [0, 0.1) is 17.8 Å². The van der Waals surface area contributed by atoms with Gasteiger partial charge in [-0.05, 0) is 30.6 Å². The Bertz CT molecular complexity index is 293. The van der Waals surface area contributed by atoms with Crippen LogP contribution in [0.5, 0.6) is 0 Å². The predicted molar refractivity (Wildman–Crippen MR) is 66.0 cm³/mol. The van der Waals surface area contributed by atoms with E-state index < -0.39 is 9.84 Å². The Morgan fingerprint density at radius 2 is 1.94 bits per heavy atom. The van der Waals surface area contributed by atoms with E-state index in [4.69, 9.17) is 0 Å². The molecule has 0 aliphatic carbocycles. The smallest absolute Gasteiger partial charge is 0.150 e. The van der Waals surface area contributed by atoms with E-state index in [1.54, 1.807) is 0 Å². The first-order valence-corrected chi connectivity index (χ1v) is 8.15. The molecule has 0 amide bonds. The van der Waals surface area contributed by atoms with Crippen molar-refractivity contribution in [3.8, 4) is 0 Å². The molecule has 4 heteroatoms. The highest BCUT2D eigenvalue weighted by Gasteiger charge is 2.33. The highest BCUT2D eigenvalue weighted by atomic mass is 32.2. The van der Waals surface area contributed by atoms with Crippen LogP contribution < -0.4 is 0 Å². The van der Waals surface area contributed by atoms with Gasteiger partial charge < -0.3 is 5.11 Å². The molecular weight excluding hydrogens is 224 g/mol. The summed E-state index contributed by atoms with van der Waals surface area (Å²) in [6, 6.07) is 0. The molecule has 0 bridgehead atoms. The molecule has 0 saturated carbocycles. The zero-order chi connectivity index (χ0) is 12.2. The van der Waals surface area contributed by atoms with E-state index in [-0.39, 0.29) is 18.4 Å². The van der Waals surface area contributed by atoms with Gasteiger partial charge in [-0.25, -0.2) is 8.42 Å². The van der Waals surface area contributed by atoms with Crippen molar-refractivity contribution in [3.05, 3.63) is 0 Å². The molecule has 2 unspecified atom stereocenters. The first-order chi connectivity index (χ1) is 7.52. The number of rotatable bonds is 6. The van der Waals surface area contributed by atoms with Crippen molar-refractivity contribution < 1.29 is 13.5 Å². The van der Waals surface area contributed by atoms with E-state index in [0.29, 0.717) is 17.4 Å². The Balaban J connectivity index is 2.55. The Hall–Kier alpha value is -0.0900. The summed E-state index contributed by atoms with van der Waals surface area (Å²) in [7, 11) is -2.81. The fourth-order valence-corrected chi connectivity index (χ4v) is 4.58. The van der Waals surface area contributed by atoms with Crippen molar-refractivity contribution in [3.63, 3.8) is 0 Å². The van der Waals surface area contributed by atoms with E-state index in [1.165, 1.54) is 0 Å². The quantitative estimate of drug-likeness (QED) is 0.780. The molecule has 1 saturated heterocycles. The average Bonchev–Trinajstić information content (AvgIpc) is 2.61. The molecule has 1 aliphatic rings. The minimum Gasteiger partial charge on any atom is -0.396 e. The molecule has 0 aromatic heterocycles. The van der Waals surface area contributed by atoms with E-state index in [2.05, 4.69) is 13.8 Å². The maximum atomic E-state index is 11.4. The zero-order valence-electron chi connectivity index (χ0n) is 10.4. The van der Waals surface area contributed by atoms with Crippen LogP contribution in [0.25, 0.3) is 0 Å². The largest absolute Gasteiger partial charge is 0.396 e. The maximum absolute atomic E-state index is 11.4. The van der Waals surface area contributed by atoms with Crippen LogP contribution in [0.1, 0.15) is 39.5 Å². The van der Waals surface area contributed by atoms with Gasteiger partial charge in [0.05, 0.1) is 11.5 Å². The highest BCUT2D eigenvalue weighted by molar-refractivity contribution is 7.91. The predicted octanol–water partition coefficient (Wildman–Crippen LogP) is 1.86. The first-order valence-electron chi connectivity index (χ1n) is 6.33. The van der Waals surface area contributed by atoms with Crippen LogP contribution in [0.15, 0.2) is 0 Å². The van der Waals surface area contributed by atoms with Crippen molar-refractivity contribution in [2.45, 2.75) is 39.5 Å². The fourth-order valence-electron chi connectivity index (χ4n) is 2.66. The van der Waals surface area contributed by atoms with Gasteiger partial charge in [0.1, 0.15) is 0 Å². The summed E-state index contributed by atoms with van der Waals surface area (Å²) < 4.78 is 22.8. The van der Waals surface area contributed by atoms with Crippen LogP contribution in [-0.4, -0.2) is 31.6 Å². The molecule has 1 rings (SSSR count). The van der Waals surface area contributed by atoms with E-state index in [0.717, 1.165) is 25.7 Å². The number of hydrogen-bond acceptors (Lipinski definition) is 3. The number of aliphatic hydroxyl groups is 1. The molecule has 2 atom stereocenters. The summed E-state index contributed by atoms with van der Waals surface area (Å²) in [5.41, 5.74) is 0. The van der Waals surface area contributed by atoms with E-state index in [9.17, 15) is 13.5 Å². The number of aliphatic hydroxyl groups excluding tert-OH is 1. The van der Waals surface area contributed by atoms with Crippen molar-refractivity contribution in [1.82, 2.24) is 0 Å². The molecular formula is C12H24O3S. The topological polar surface area (TPSA) is 54.4 Å². The molecule has 1 N–H and O–H groups in total. The normalized spacial score (nSPS) is 26.1. The lowest BCUT2D eigenvalue weighted by Gasteiger charge is -2.24. The third-order valence-electron chi connectivity index (χ3n) is 3.96. The lowest BCUT2D eigenvalue weighted by Crippen LogP contribution is -2.22. The van der Waals surface area contributed by atoms with E-state index >= 15 is 0 Å². The second kappa shape index (κ2) is 6.01. The van der Waals surface area contributed by atoms with Gasteiger partial charge in [0.2, 0.25) is 0 Å². The third kappa shape index (κ3) is 3.74. The Labute approximate surface area is 99.2 Å². The summed E-state index contributed by atoms with van der Waals surface area (Å²) in [6.45, 7) is 4.46. The fraction of sp³-hybridized carbons (Fsp3) is 1.00. The molecule has 16 heavy (non-hydrogen) atoms. The second-order valence-corrected chi connectivity index (χ2v) is 7.25. The van der Waals surface area contributed by atoms with Gasteiger partial charge in [-0.1, -0.05) is 26.7 Å². The standard InChI is InChI=1S/C12H24O3S/c1-3-10(4-2)7-12(8-13)11-5-6-16(14,15)9-11/h10-13H,3-9H2,1-2H3. The van der Waals surface area contributed by atoms with Crippen LogP contribution in [0.4, 0.5) is 0 Å². The van der Waals surface area contributed by atoms with Crippen LogP contribution in [-0.2, 0) is 9.84 Å². The number of hydrogen-bond donors (Lipinski definition) is 1. The zero-order valence-corrected chi connectivity index (χ0v) is 11.2. The van der Waals surface area contributed by atoms with Crippen molar-refractivity contribution >= 4 is 9.84 Å². The summed E-state index contributed by atoms with van der Waals surface area (Å²) in [5.74, 6) is 1.60. The van der Waals surface area contributed by atoms with Crippen LogP contribution in [0.2, 0.25) is 0 Å². The van der Waals surface area contributed by atoms with Gasteiger partial charge in [0.15, 0.2) is 9.84 Å². The summed E-state index contributed by atoms with van der Waals surface area (Å²) in [5, 5.41) is 9.40. The molecule has 0 aromatic carbocycles. The maximum Gasteiger partial charge on any atom is 0.150 e. The van der Waals surface area contributed by atoms with Gasteiger partial charge in [0.25, 0.3) is 0 Å². The SMILES string of the molecule is CCC(CC)CC(CO)C1CCS(=O)(=O)C1. The second-order valence-electron chi connectivity index (χ2n) is 5.02. The van der Waals surface area contributed by atoms with Crippen LogP contribution in [0.3, 0.4) is 0 Å². The van der Waals surface area contributed by atoms with Gasteiger partial charge >= 0.3 is 0 Å². The Kier molecular flexibility index (Phi) is 5.25. The van der Waals surface area contributed by atoms with Crippen LogP contribution >= 0.6 is 0 Å². The van der Waals surface area contributed by atoms with Gasteiger partial charge in [-0.15, -0.1) is 0 Å². The van der Waals surface area contributed by atoms with Gasteiger partial charge in [0, 0.05) is 6.61 Å². The van der Waals surface area contributed by atoms with Crippen molar-refractivity contribution in [2.75, 3.05) is 18.1 Å². The summed E-state index contributed by atoms with van der Waals surface area (Å²) in [6.07, 6.45) is 3.95. The van der Waals surface area contributed by atoms with E-state index in [1.807, 2.05) is 0 Å². The minimum atomic E-state index is -2.81. The van der Waals surface area contributed by atoms with Crippen molar-refractivity contribution in [2.24, 2.45) is 17.8 Å². The molecule has 0 spiro atoms. The lowest BCUT2D eigenvalue weighted by molar-refractivity contribution is 0.155. The average molecular weight is 248 g/mol. The Morgan fingerprint density at radius 1 is 1.31 bits per heavy atom. The molecule has 1 aliphatic heterocycles. The monoisotopic (exact) mass is 248 g/mol. The highest BCUT2D eigenvalue weighted by Crippen LogP contribution is 2.31. The molecule has 0 aromatic rings.